The molecule has 0 saturated heterocycles. The molecule has 0 aromatic heterocycles. The van der Waals surface area contributed by atoms with E-state index in [4.69, 9.17) is 9.47 Å². The fourth-order valence-electron chi connectivity index (χ4n) is 2.25. The van der Waals surface area contributed by atoms with Crippen molar-refractivity contribution in [1.29, 1.82) is 0 Å². The van der Waals surface area contributed by atoms with Crippen LogP contribution in [-0.2, 0) is 14.3 Å². The lowest BCUT2D eigenvalue weighted by Crippen LogP contribution is -2.28. The van der Waals surface area contributed by atoms with E-state index >= 15 is 0 Å². The molecule has 0 aliphatic carbocycles. The molecule has 1 aromatic carbocycles. The van der Waals surface area contributed by atoms with E-state index < -0.39 is 0 Å². The van der Waals surface area contributed by atoms with Gasteiger partial charge < -0.3 is 20.1 Å². The van der Waals surface area contributed by atoms with Gasteiger partial charge >= 0.3 is 0 Å². The number of fused-ring (bicyclic) bond motifs is 1. The number of carbonyl (C=O) groups excluding carboxylic acids is 2. The summed E-state index contributed by atoms with van der Waals surface area (Å²) in [6.45, 7) is 5.15. The smallest absolute Gasteiger partial charge is 0.262 e. The summed E-state index contributed by atoms with van der Waals surface area (Å²) in [4.78, 5) is 23.2. The number of anilines is 1. The summed E-state index contributed by atoms with van der Waals surface area (Å²) < 4.78 is 10.5. The van der Waals surface area contributed by atoms with Gasteiger partial charge in [-0.3, -0.25) is 9.59 Å². The zero-order valence-electron chi connectivity index (χ0n) is 13.0. The first-order valence-electron chi connectivity index (χ1n) is 7.54. The molecular formula is C16H22N2O4. The Labute approximate surface area is 130 Å². The second-order valence-electron chi connectivity index (χ2n) is 5.18. The molecule has 1 aromatic rings. The van der Waals surface area contributed by atoms with E-state index in [0.717, 1.165) is 5.56 Å². The summed E-state index contributed by atoms with van der Waals surface area (Å²) in [5.74, 6) is 0.473. The highest BCUT2D eigenvalue weighted by atomic mass is 16.5. The Balaban J connectivity index is 1.89. The zero-order valence-corrected chi connectivity index (χ0v) is 13.0. The van der Waals surface area contributed by atoms with E-state index in [-0.39, 0.29) is 24.5 Å². The summed E-state index contributed by atoms with van der Waals surface area (Å²) in [7, 11) is 0. The molecule has 120 valence electrons. The molecule has 0 saturated carbocycles. The minimum atomic E-state index is -0.169. The maximum Gasteiger partial charge on any atom is 0.262 e. The molecule has 0 fully saturated rings. The van der Waals surface area contributed by atoms with Crippen molar-refractivity contribution in [3.05, 3.63) is 23.8 Å². The van der Waals surface area contributed by atoms with Crippen molar-refractivity contribution in [3.8, 4) is 5.75 Å². The summed E-state index contributed by atoms with van der Waals surface area (Å²) >= 11 is 0. The number of benzene rings is 1. The Morgan fingerprint density at radius 3 is 3.09 bits per heavy atom. The average Bonchev–Trinajstić information content (AvgIpc) is 2.50. The van der Waals surface area contributed by atoms with E-state index in [0.29, 0.717) is 37.5 Å². The summed E-state index contributed by atoms with van der Waals surface area (Å²) in [5, 5.41) is 5.71. The fourth-order valence-corrected chi connectivity index (χ4v) is 2.25. The van der Waals surface area contributed by atoms with Gasteiger partial charge in [0.05, 0.1) is 11.7 Å². The van der Waals surface area contributed by atoms with Crippen LogP contribution in [0.2, 0.25) is 0 Å². The molecule has 0 radical (unpaired) electrons. The molecule has 1 aliphatic rings. The maximum atomic E-state index is 11.9. The molecule has 2 amide bonds. The van der Waals surface area contributed by atoms with Crippen molar-refractivity contribution < 1.29 is 19.1 Å². The van der Waals surface area contributed by atoms with Crippen molar-refractivity contribution in [2.24, 2.45) is 0 Å². The molecule has 6 nitrogen and oxygen atoms in total. The molecule has 1 atom stereocenters. The van der Waals surface area contributed by atoms with Crippen molar-refractivity contribution >= 4 is 17.5 Å². The van der Waals surface area contributed by atoms with Gasteiger partial charge in [0.1, 0.15) is 5.75 Å². The molecule has 2 N–H and O–H groups in total. The van der Waals surface area contributed by atoms with E-state index in [9.17, 15) is 9.59 Å². The van der Waals surface area contributed by atoms with Crippen molar-refractivity contribution in [1.82, 2.24) is 5.32 Å². The Morgan fingerprint density at radius 1 is 1.50 bits per heavy atom. The van der Waals surface area contributed by atoms with Gasteiger partial charge in [0, 0.05) is 19.6 Å². The van der Waals surface area contributed by atoms with Crippen LogP contribution in [0.5, 0.6) is 5.75 Å². The first-order valence-corrected chi connectivity index (χ1v) is 7.54. The Hall–Kier alpha value is -2.08. The third kappa shape index (κ3) is 4.46. The van der Waals surface area contributed by atoms with Gasteiger partial charge in [0.15, 0.2) is 6.61 Å². The molecule has 2 rings (SSSR count). The molecule has 6 heteroatoms. The zero-order chi connectivity index (χ0) is 15.9. The van der Waals surface area contributed by atoms with Crippen LogP contribution in [0.25, 0.3) is 0 Å². The van der Waals surface area contributed by atoms with Gasteiger partial charge in [-0.05, 0) is 38.0 Å². The van der Waals surface area contributed by atoms with Crippen LogP contribution in [0.15, 0.2) is 18.2 Å². The van der Waals surface area contributed by atoms with Crippen molar-refractivity contribution in [2.45, 2.75) is 32.7 Å². The first-order chi connectivity index (χ1) is 10.6. The summed E-state index contributed by atoms with van der Waals surface area (Å²) in [6.07, 6.45) is 1.15. The Morgan fingerprint density at radius 2 is 2.32 bits per heavy atom. The second-order valence-corrected chi connectivity index (χ2v) is 5.18. The Bertz CT molecular complexity index is 545. The van der Waals surface area contributed by atoms with Crippen molar-refractivity contribution in [2.75, 3.05) is 25.1 Å². The van der Waals surface area contributed by atoms with Gasteiger partial charge in [-0.15, -0.1) is 0 Å². The second kappa shape index (κ2) is 7.79. The molecule has 0 unspecified atom stereocenters. The fraction of sp³-hybridized carbons (Fsp3) is 0.500. The number of hydrogen-bond acceptors (Lipinski definition) is 4. The standard InChI is InChI=1S/C16H22N2O4/c1-3-21-8-4-5-15(19)17-11(2)12-6-7-14-13(9-12)18-16(20)10-22-14/h6-7,9,11H,3-5,8,10H2,1-2H3,(H,17,19)(H,18,20)/t11-/m1/s1. The minimum Gasteiger partial charge on any atom is -0.482 e. The molecule has 0 spiro atoms. The third-order valence-corrected chi connectivity index (χ3v) is 3.41. The predicted octanol–water partition coefficient (Wildman–Crippen LogP) is 2.01. The third-order valence-electron chi connectivity index (χ3n) is 3.41. The minimum absolute atomic E-state index is 0.00907. The summed E-state index contributed by atoms with van der Waals surface area (Å²) in [6, 6.07) is 5.39. The normalized spacial score (nSPS) is 14.5. The van der Waals surface area contributed by atoms with Crippen LogP contribution in [0, 0.1) is 0 Å². The van der Waals surface area contributed by atoms with Gasteiger partial charge in [-0.1, -0.05) is 6.07 Å². The van der Waals surface area contributed by atoms with Crippen LogP contribution in [0.4, 0.5) is 5.69 Å². The van der Waals surface area contributed by atoms with E-state index in [1.807, 2.05) is 32.0 Å². The van der Waals surface area contributed by atoms with Crippen LogP contribution < -0.4 is 15.4 Å². The van der Waals surface area contributed by atoms with Gasteiger partial charge in [-0.25, -0.2) is 0 Å². The number of rotatable bonds is 7. The number of amides is 2. The van der Waals surface area contributed by atoms with E-state index in [1.165, 1.54) is 0 Å². The molecular weight excluding hydrogens is 284 g/mol. The molecule has 1 heterocycles. The highest BCUT2D eigenvalue weighted by molar-refractivity contribution is 5.95. The molecule has 22 heavy (non-hydrogen) atoms. The van der Waals surface area contributed by atoms with E-state index in [1.54, 1.807) is 0 Å². The number of hydrogen-bond donors (Lipinski definition) is 2. The first kappa shape index (κ1) is 16.3. The highest BCUT2D eigenvalue weighted by Gasteiger charge is 2.18. The highest BCUT2D eigenvalue weighted by Crippen LogP contribution is 2.30. The van der Waals surface area contributed by atoms with Gasteiger partial charge in [0.25, 0.3) is 5.91 Å². The Kier molecular flexibility index (Phi) is 5.77. The topological polar surface area (TPSA) is 76.7 Å². The lowest BCUT2D eigenvalue weighted by atomic mass is 10.1. The van der Waals surface area contributed by atoms with Crippen LogP contribution >= 0.6 is 0 Å². The lowest BCUT2D eigenvalue weighted by Gasteiger charge is -2.21. The van der Waals surface area contributed by atoms with Crippen LogP contribution in [0.3, 0.4) is 0 Å². The maximum absolute atomic E-state index is 11.9. The lowest BCUT2D eigenvalue weighted by molar-refractivity contribution is -0.122. The largest absolute Gasteiger partial charge is 0.482 e. The monoisotopic (exact) mass is 306 g/mol. The van der Waals surface area contributed by atoms with E-state index in [2.05, 4.69) is 10.6 Å². The van der Waals surface area contributed by atoms with Crippen LogP contribution in [0.1, 0.15) is 38.3 Å². The number of nitrogens with one attached hydrogen (secondary N) is 2. The molecule has 1 aliphatic heterocycles. The van der Waals surface area contributed by atoms with Gasteiger partial charge in [0.2, 0.25) is 5.91 Å². The van der Waals surface area contributed by atoms with Gasteiger partial charge in [-0.2, -0.15) is 0 Å². The molecule has 0 bridgehead atoms. The average molecular weight is 306 g/mol. The number of carbonyl (C=O) groups is 2. The predicted molar refractivity (Wildman–Crippen MR) is 82.9 cm³/mol. The quantitative estimate of drug-likeness (QED) is 0.756. The van der Waals surface area contributed by atoms with Crippen molar-refractivity contribution in [3.63, 3.8) is 0 Å². The summed E-state index contributed by atoms with van der Waals surface area (Å²) in [5.41, 5.74) is 1.56. The van der Waals surface area contributed by atoms with Crippen LogP contribution in [-0.4, -0.2) is 31.6 Å². The number of ether oxygens (including phenoxy) is 2. The SMILES string of the molecule is CCOCCCC(=O)N[C@H](C)c1ccc2c(c1)NC(=O)CO2.